The molecule has 3 nitrogen and oxygen atoms in total. The molecule has 0 amide bonds. The largest absolute Gasteiger partial charge is 0.472 e. The van der Waals surface area contributed by atoms with Gasteiger partial charge in [0.1, 0.15) is 0 Å². The van der Waals surface area contributed by atoms with E-state index in [1.54, 1.807) is 6.26 Å². The number of fused-ring (bicyclic) bond motifs is 2. The molecule has 0 bridgehead atoms. The summed E-state index contributed by atoms with van der Waals surface area (Å²) >= 11 is 0. The second-order valence-electron chi connectivity index (χ2n) is 7.71. The van der Waals surface area contributed by atoms with Gasteiger partial charge in [0.15, 0.2) is 0 Å². The molecule has 6 rings (SSSR count). The first-order valence-corrected chi connectivity index (χ1v) is 9.81. The molecule has 1 fully saturated rings. The average Bonchev–Trinajstić information content (AvgIpc) is 3.37. The highest BCUT2D eigenvalue weighted by Crippen LogP contribution is 2.46. The van der Waals surface area contributed by atoms with E-state index in [2.05, 4.69) is 71.8 Å². The third-order valence-corrected chi connectivity index (χ3v) is 6.01. The van der Waals surface area contributed by atoms with Crippen LogP contribution in [0.2, 0.25) is 0 Å². The van der Waals surface area contributed by atoms with Crippen LogP contribution >= 0.6 is 0 Å². The molecular weight excluding hydrogens is 344 g/mol. The molecule has 4 aromatic rings. The van der Waals surface area contributed by atoms with Gasteiger partial charge < -0.3 is 9.32 Å². The van der Waals surface area contributed by atoms with Gasteiger partial charge in [-0.1, -0.05) is 42.5 Å². The SMILES string of the molecule is C1=CN(C2CC2c2ccc3ccccc3n2)Cc2c1cccc2-c1ccoc1. The van der Waals surface area contributed by atoms with Crippen molar-refractivity contribution in [2.24, 2.45) is 0 Å². The number of aromatic nitrogens is 1. The van der Waals surface area contributed by atoms with Gasteiger partial charge in [0, 0.05) is 41.3 Å². The molecule has 2 aromatic carbocycles. The molecule has 3 heteroatoms. The molecule has 0 radical (unpaired) electrons. The van der Waals surface area contributed by atoms with Gasteiger partial charge in [-0.05, 0) is 47.4 Å². The van der Waals surface area contributed by atoms with Crippen LogP contribution in [0, 0.1) is 0 Å². The van der Waals surface area contributed by atoms with Crippen molar-refractivity contribution in [3.63, 3.8) is 0 Å². The number of furan rings is 1. The lowest BCUT2D eigenvalue weighted by molar-refractivity contribution is 0.350. The molecule has 0 N–H and O–H groups in total. The van der Waals surface area contributed by atoms with E-state index in [1.165, 1.54) is 34.2 Å². The highest BCUT2D eigenvalue weighted by atomic mass is 16.3. The van der Waals surface area contributed by atoms with Crippen LogP contribution in [0.4, 0.5) is 0 Å². The van der Waals surface area contributed by atoms with E-state index < -0.39 is 0 Å². The van der Waals surface area contributed by atoms with Gasteiger partial charge in [-0.25, -0.2) is 0 Å². The number of hydrogen-bond acceptors (Lipinski definition) is 3. The summed E-state index contributed by atoms with van der Waals surface area (Å²) in [5.74, 6) is 0.511. The summed E-state index contributed by atoms with van der Waals surface area (Å²) in [7, 11) is 0. The van der Waals surface area contributed by atoms with Crippen LogP contribution in [0.3, 0.4) is 0 Å². The first kappa shape index (κ1) is 15.7. The fraction of sp³-hybridized carbons (Fsp3) is 0.160. The van der Waals surface area contributed by atoms with Crippen LogP contribution in [0.25, 0.3) is 28.1 Å². The summed E-state index contributed by atoms with van der Waals surface area (Å²) in [5, 5.41) is 1.21. The van der Waals surface area contributed by atoms with Crippen molar-refractivity contribution in [1.82, 2.24) is 9.88 Å². The van der Waals surface area contributed by atoms with Crippen LogP contribution in [0.1, 0.15) is 29.2 Å². The summed E-state index contributed by atoms with van der Waals surface area (Å²) in [6, 6.07) is 21.8. The summed E-state index contributed by atoms with van der Waals surface area (Å²) < 4.78 is 5.32. The maximum absolute atomic E-state index is 5.32. The third-order valence-electron chi connectivity index (χ3n) is 6.01. The van der Waals surface area contributed by atoms with Crippen molar-refractivity contribution in [3.05, 3.63) is 96.2 Å². The normalized spacial score (nSPS) is 20.4. The topological polar surface area (TPSA) is 29.3 Å². The van der Waals surface area contributed by atoms with E-state index in [-0.39, 0.29) is 0 Å². The first-order chi connectivity index (χ1) is 13.9. The minimum absolute atomic E-state index is 0.511. The predicted molar refractivity (Wildman–Crippen MR) is 112 cm³/mol. The zero-order chi connectivity index (χ0) is 18.5. The van der Waals surface area contributed by atoms with Crippen LogP contribution in [0.15, 0.2) is 83.8 Å². The lowest BCUT2D eigenvalue weighted by atomic mass is 9.94. The molecule has 28 heavy (non-hydrogen) atoms. The molecule has 2 atom stereocenters. The summed E-state index contributed by atoms with van der Waals surface area (Å²) in [4.78, 5) is 7.40. The third kappa shape index (κ3) is 2.55. The standard InChI is InChI=1S/C25H20N2O/c1-2-7-23-18(4-1)8-9-24(26-23)21-14-25(21)27-12-10-17-5-3-6-20(22(17)15-27)19-11-13-28-16-19/h1-13,16,21,25H,14-15H2. The highest BCUT2D eigenvalue weighted by molar-refractivity contribution is 5.78. The van der Waals surface area contributed by atoms with E-state index in [9.17, 15) is 0 Å². The molecular formula is C25H20N2O. The van der Waals surface area contributed by atoms with Gasteiger partial charge in [-0.3, -0.25) is 4.98 Å². The Morgan fingerprint density at radius 3 is 2.86 bits per heavy atom. The lowest BCUT2D eigenvalue weighted by Crippen LogP contribution is -2.24. The molecule has 3 heterocycles. The van der Waals surface area contributed by atoms with Crippen LogP contribution in [0.5, 0.6) is 0 Å². The molecule has 2 unspecified atom stereocenters. The van der Waals surface area contributed by atoms with Crippen molar-refractivity contribution in [1.29, 1.82) is 0 Å². The zero-order valence-corrected chi connectivity index (χ0v) is 15.5. The van der Waals surface area contributed by atoms with Gasteiger partial charge >= 0.3 is 0 Å². The molecule has 1 aliphatic heterocycles. The second-order valence-corrected chi connectivity index (χ2v) is 7.71. The average molecular weight is 364 g/mol. The summed E-state index contributed by atoms with van der Waals surface area (Å²) in [6.45, 7) is 0.932. The Morgan fingerprint density at radius 2 is 1.93 bits per heavy atom. The second kappa shape index (κ2) is 6.10. The van der Waals surface area contributed by atoms with Crippen molar-refractivity contribution in [2.75, 3.05) is 0 Å². The smallest absolute Gasteiger partial charge is 0.0981 e. The van der Waals surface area contributed by atoms with Gasteiger partial charge in [-0.15, -0.1) is 0 Å². The Bertz CT molecular complexity index is 1190. The molecule has 1 saturated carbocycles. The Kier molecular flexibility index (Phi) is 3.42. The van der Waals surface area contributed by atoms with Gasteiger partial charge in [0.2, 0.25) is 0 Å². The van der Waals surface area contributed by atoms with E-state index >= 15 is 0 Å². The fourth-order valence-corrected chi connectivity index (χ4v) is 4.42. The molecule has 136 valence electrons. The van der Waals surface area contributed by atoms with E-state index in [0.29, 0.717) is 12.0 Å². The van der Waals surface area contributed by atoms with Crippen LogP contribution < -0.4 is 0 Å². The minimum Gasteiger partial charge on any atom is -0.472 e. The maximum atomic E-state index is 5.32. The van der Waals surface area contributed by atoms with Gasteiger partial charge in [0.25, 0.3) is 0 Å². The number of nitrogens with zero attached hydrogens (tertiary/aromatic N) is 2. The highest BCUT2D eigenvalue weighted by Gasteiger charge is 2.43. The van der Waals surface area contributed by atoms with E-state index in [4.69, 9.17) is 9.40 Å². The quantitative estimate of drug-likeness (QED) is 0.457. The summed E-state index contributed by atoms with van der Waals surface area (Å²) in [6.07, 6.45) is 9.24. The Hall–Kier alpha value is -3.33. The number of rotatable bonds is 3. The lowest BCUT2D eigenvalue weighted by Gasteiger charge is -2.27. The Labute approximate surface area is 163 Å². The number of hydrogen-bond donors (Lipinski definition) is 0. The minimum atomic E-state index is 0.511. The number of benzene rings is 2. The van der Waals surface area contributed by atoms with E-state index in [1.807, 2.05) is 12.3 Å². The Balaban J connectivity index is 1.28. The van der Waals surface area contributed by atoms with Crippen molar-refractivity contribution >= 4 is 17.0 Å². The predicted octanol–water partition coefficient (Wildman–Crippen LogP) is 5.84. The molecule has 0 spiro atoms. The molecule has 2 aromatic heterocycles. The van der Waals surface area contributed by atoms with Crippen molar-refractivity contribution in [3.8, 4) is 11.1 Å². The van der Waals surface area contributed by atoms with Crippen LogP contribution in [-0.4, -0.2) is 15.9 Å². The van der Waals surface area contributed by atoms with Gasteiger partial charge in [-0.2, -0.15) is 0 Å². The van der Waals surface area contributed by atoms with E-state index in [0.717, 1.165) is 17.6 Å². The fourth-order valence-electron chi connectivity index (χ4n) is 4.42. The first-order valence-electron chi connectivity index (χ1n) is 9.81. The molecule has 0 saturated heterocycles. The number of para-hydroxylation sites is 1. The monoisotopic (exact) mass is 364 g/mol. The van der Waals surface area contributed by atoms with Crippen molar-refractivity contribution < 1.29 is 4.42 Å². The number of pyridine rings is 1. The molecule has 1 aliphatic carbocycles. The van der Waals surface area contributed by atoms with Gasteiger partial charge in [0.05, 0.1) is 18.0 Å². The molecule has 2 aliphatic rings. The zero-order valence-electron chi connectivity index (χ0n) is 15.5. The Morgan fingerprint density at radius 1 is 0.964 bits per heavy atom. The van der Waals surface area contributed by atoms with Crippen LogP contribution in [-0.2, 0) is 6.54 Å². The van der Waals surface area contributed by atoms with Crippen molar-refractivity contribution in [2.45, 2.75) is 24.9 Å². The maximum Gasteiger partial charge on any atom is 0.0981 e. The summed E-state index contributed by atoms with van der Waals surface area (Å²) in [5.41, 5.74) is 7.40.